The summed E-state index contributed by atoms with van der Waals surface area (Å²) in [7, 11) is 0. The maximum absolute atomic E-state index is 12.6. The molecule has 2 heterocycles. The number of carbonyl (C=O) groups is 2. The Morgan fingerprint density at radius 3 is 2.53 bits per heavy atom. The molecule has 1 aromatic carbocycles. The molecular weight excluding hydrogens is 444 g/mol. The van der Waals surface area contributed by atoms with E-state index in [1.807, 2.05) is 38.1 Å². The Balaban J connectivity index is 2.04. The van der Waals surface area contributed by atoms with E-state index in [-0.39, 0.29) is 17.8 Å². The Kier molecular flexibility index (Phi) is 8.14. The summed E-state index contributed by atoms with van der Waals surface area (Å²) in [4.78, 5) is 29.3. The first kappa shape index (κ1) is 24.5. The summed E-state index contributed by atoms with van der Waals surface area (Å²) in [5, 5.41) is 10.5. The lowest BCUT2D eigenvalue weighted by Gasteiger charge is -2.22. The van der Waals surface area contributed by atoms with E-state index in [1.54, 1.807) is 17.9 Å². The van der Waals surface area contributed by atoms with Crippen molar-refractivity contribution in [3.63, 3.8) is 0 Å². The molecule has 0 aliphatic carbocycles. The zero-order chi connectivity index (χ0) is 23.4. The predicted molar refractivity (Wildman–Crippen MR) is 133 cm³/mol. The molecule has 0 radical (unpaired) electrons. The number of aliphatic hydroxyl groups excluding tert-OH is 1. The Labute approximate surface area is 199 Å². The van der Waals surface area contributed by atoms with Crippen LogP contribution in [0.3, 0.4) is 0 Å². The number of nitrogens with zero attached hydrogens (tertiary/aromatic N) is 2. The first-order valence-corrected chi connectivity index (χ1v) is 12.3. The molecule has 2 atom stereocenters. The van der Waals surface area contributed by atoms with Gasteiger partial charge < -0.3 is 14.7 Å². The fourth-order valence-corrected chi connectivity index (χ4v) is 5.43. The van der Waals surface area contributed by atoms with Gasteiger partial charge in [-0.1, -0.05) is 30.9 Å². The molecule has 0 aromatic heterocycles. The van der Waals surface area contributed by atoms with Gasteiger partial charge in [-0.05, 0) is 69.5 Å². The van der Waals surface area contributed by atoms with Crippen LogP contribution in [0.5, 0.6) is 0 Å². The monoisotopic (exact) mass is 474 g/mol. The van der Waals surface area contributed by atoms with Gasteiger partial charge in [-0.3, -0.25) is 9.69 Å². The molecule has 32 heavy (non-hydrogen) atoms. The molecule has 0 bridgehead atoms. The Morgan fingerprint density at radius 2 is 1.94 bits per heavy atom. The van der Waals surface area contributed by atoms with Gasteiger partial charge in [0.2, 0.25) is 0 Å². The normalized spacial score (nSPS) is 21.6. The van der Waals surface area contributed by atoms with Crippen molar-refractivity contribution in [3.05, 3.63) is 52.1 Å². The van der Waals surface area contributed by atoms with Crippen molar-refractivity contribution < 1.29 is 19.4 Å². The molecular formula is C24H30N2O4S2. The summed E-state index contributed by atoms with van der Waals surface area (Å²) >= 11 is 6.63. The third-order valence-corrected chi connectivity index (χ3v) is 7.16. The number of thiocarbonyl (C=S) groups is 1. The Morgan fingerprint density at radius 1 is 1.22 bits per heavy atom. The summed E-state index contributed by atoms with van der Waals surface area (Å²) in [5.41, 5.74) is 3.50. The first-order valence-electron chi connectivity index (χ1n) is 11.1. The SMILES string of the molecule is CCOC(=O)c1ccc2c(c1)C(CC(O)CC)/C(=C\C=C1/SC(=S)N(CC)C1=O)N2CC. The van der Waals surface area contributed by atoms with Gasteiger partial charge in [0.05, 0.1) is 23.2 Å². The van der Waals surface area contributed by atoms with Crippen molar-refractivity contribution in [2.45, 2.75) is 52.6 Å². The lowest BCUT2D eigenvalue weighted by molar-refractivity contribution is -0.122. The zero-order valence-corrected chi connectivity index (χ0v) is 20.6. The number of anilines is 1. The quantitative estimate of drug-likeness (QED) is 0.336. The Hall–Kier alpha value is -2.16. The number of esters is 1. The van der Waals surface area contributed by atoms with Crippen LogP contribution in [0, 0.1) is 0 Å². The molecule has 1 amide bonds. The van der Waals surface area contributed by atoms with Gasteiger partial charge in [0.25, 0.3) is 5.91 Å². The average Bonchev–Trinajstić information content (AvgIpc) is 3.23. The number of rotatable bonds is 8. The smallest absolute Gasteiger partial charge is 0.338 e. The van der Waals surface area contributed by atoms with E-state index in [0.717, 1.165) is 23.5 Å². The van der Waals surface area contributed by atoms with E-state index < -0.39 is 6.10 Å². The summed E-state index contributed by atoms with van der Waals surface area (Å²) in [6, 6.07) is 5.59. The van der Waals surface area contributed by atoms with Gasteiger partial charge >= 0.3 is 5.97 Å². The molecule has 1 saturated heterocycles. The summed E-state index contributed by atoms with van der Waals surface area (Å²) in [5.74, 6) is -0.525. The molecule has 172 valence electrons. The van der Waals surface area contributed by atoms with Gasteiger partial charge in [0.1, 0.15) is 4.32 Å². The highest BCUT2D eigenvalue weighted by molar-refractivity contribution is 8.26. The minimum Gasteiger partial charge on any atom is -0.462 e. The van der Waals surface area contributed by atoms with Crippen LogP contribution in [0.2, 0.25) is 0 Å². The van der Waals surface area contributed by atoms with Crippen molar-refractivity contribution in [2.75, 3.05) is 24.6 Å². The standard InChI is InChI=1S/C24H30N2O4S2/c1-5-16(27)14-18-17-13-15(23(29)30-8-4)9-10-19(17)25(6-2)20(18)11-12-21-22(28)26(7-3)24(31)32-21/h9-13,16,18,27H,5-8,14H2,1-4H3/b20-11+,21-12-. The second-order valence-corrected chi connectivity index (χ2v) is 9.30. The van der Waals surface area contributed by atoms with E-state index in [9.17, 15) is 14.7 Å². The maximum Gasteiger partial charge on any atom is 0.338 e. The molecule has 8 heteroatoms. The van der Waals surface area contributed by atoms with Gasteiger partial charge in [0, 0.05) is 30.4 Å². The second kappa shape index (κ2) is 10.6. The molecule has 1 aromatic rings. The lowest BCUT2D eigenvalue weighted by Crippen LogP contribution is -2.27. The first-order chi connectivity index (χ1) is 15.4. The number of likely N-dealkylation sites (N-methyl/N-ethyl adjacent to an activating group) is 2. The zero-order valence-electron chi connectivity index (χ0n) is 19.0. The second-order valence-electron chi connectivity index (χ2n) is 7.63. The van der Waals surface area contributed by atoms with Crippen molar-refractivity contribution in [2.24, 2.45) is 0 Å². The number of hydrogen-bond donors (Lipinski definition) is 1. The number of thioether (sulfide) groups is 1. The molecule has 6 nitrogen and oxygen atoms in total. The van der Waals surface area contributed by atoms with Crippen LogP contribution in [-0.4, -0.2) is 52.0 Å². The molecule has 0 saturated carbocycles. The number of hydrogen-bond acceptors (Lipinski definition) is 7. The van der Waals surface area contributed by atoms with E-state index in [0.29, 0.717) is 40.8 Å². The van der Waals surface area contributed by atoms with E-state index >= 15 is 0 Å². The number of amides is 1. The van der Waals surface area contributed by atoms with Crippen LogP contribution in [-0.2, 0) is 9.53 Å². The number of ether oxygens (including phenoxy) is 1. The van der Waals surface area contributed by atoms with Crippen LogP contribution in [0.1, 0.15) is 62.4 Å². The van der Waals surface area contributed by atoms with Crippen LogP contribution in [0.15, 0.2) is 41.0 Å². The molecule has 0 spiro atoms. The van der Waals surface area contributed by atoms with Gasteiger partial charge in [-0.2, -0.15) is 0 Å². The number of aliphatic hydroxyl groups is 1. The van der Waals surface area contributed by atoms with Gasteiger partial charge in [0.15, 0.2) is 0 Å². The summed E-state index contributed by atoms with van der Waals surface area (Å²) in [6.07, 6.45) is 4.48. The van der Waals surface area contributed by atoms with Gasteiger partial charge in [-0.25, -0.2) is 4.79 Å². The predicted octanol–water partition coefficient (Wildman–Crippen LogP) is 4.60. The van der Waals surface area contributed by atoms with E-state index in [1.165, 1.54) is 11.8 Å². The summed E-state index contributed by atoms with van der Waals surface area (Å²) in [6.45, 7) is 9.29. The topological polar surface area (TPSA) is 70.1 Å². The van der Waals surface area contributed by atoms with Crippen LogP contribution < -0.4 is 4.90 Å². The Bertz CT molecular complexity index is 973. The van der Waals surface area contributed by atoms with E-state index in [2.05, 4.69) is 11.8 Å². The molecule has 3 rings (SSSR count). The van der Waals surface area contributed by atoms with Gasteiger partial charge in [-0.15, -0.1) is 0 Å². The van der Waals surface area contributed by atoms with Crippen LogP contribution in [0.4, 0.5) is 5.69 Å². The maximum atomic E-state index is 12.6. The highest BCUT2D eigenvalue weighted by atomic mass is 32.2. The van der Waals surface area contributed by atoms with Crippen molar-refractivity contribution >= 4 is 45.9 Å². The highest BCUT2D eigenvalue weighted by Gasteiger charge is 2.35. The van der Waals surface area contributed by atoms with Crippen LogP contribution in [0.25, 0.3) is 0 Å². The van der Waals surface area contributed by atoms with Crippen molar-refractivity contribution in [1.29, 1.82) is 0 Å². The number of fused-ring (bicyclic) bond motifs is 1. The van der Waals surface area contributed by atoms with Crippen molar-refractivity contribution in [3.8, 4) is 0 Å². The van der Waals surface area contributed by atoms with E-state index in [4.69, 9.17) is 17.0 Å². The molecule has 2 aliphatic rings. The van der Waals surface area contributed by atoms with Crippen LogP contribution >= 0.6 is 24.0 Å². The number of allylic oxidation sites excluding steroid dienone is 3. The molecule has 2 unspecified atom stereocenters. The number of benzene rings is 1. The third kappa shape index (κ3) is 4.77. The summed E-state index contributed by atoms with van der Waals surface area (Å²) < 4.78 is 5.75. The molecule has 2 aliphatic heterocycles. The minimum atomic E-state index is -0.474. The fourth-order valence-electron chi connectivity index (χ4n) is 4.10. The lowest BCUT2D eigenvalue weighted by atomic mass is 9.90. The third-order valence-electron chi connectivity index (χ3n) is 5.76. The largest absolute Gasteiger partial charge is 0.462 e. The minimum absolute atomic E-state index is 0.0763. The highest BCUT2D eigenvalue weighted by Crippen LogP contribution is 2.46. The fraction of sp³-hybridized carbons (Fsp3) is 0.458. The number of carbonyl (C=O) groups excluding carboxylic acids is 2. The molecule has 1 N–H and O–H groups in total. The van der Waals surface area contributed by atoms with Crippen molar-refractivity contribution in [1.82, 2.24) is 4.90 Å². The average molecular weight is 475 g/mol. The molecule has 1 fully saturated rings.